The van der Waals surface area contributed by atoms with Gasteiger partial charge in [-0.05, 0) is 19.8 Å². The van der Waals surface area contributed by atoms with E-state index in [9.17, 15) is 9.59 Å². The second-order valence-electron chi connectivity index (χ2n) is 5.66. The normalized spacial score (nSPS) is 15.7. The average molecular weight is 336 g/mol. The quantitative estimate of drug-likeness (QED) is 0.867. The minimum Gasteiger partial charge on any atom is -0.461 e. The van der Waals surface area contributed by atoms with Gasteiger partial charge in [0, 0.05) is 6.92 Å². The van der Waals surface area contributed by atoms with Crippen LogP contribution >= 0.6 is 11.3 Å². The maximum Gasteiger partial charge on any atom is 0.360 e. The van der Waals surface area contributed by atoms with Gasteiger partial charge in [0.25, 0.3) is 0 Å². The minimum atomic E-state index is -0.440. The van der Waals surface area contributed by atoms with Gasteiger partial charge in [-0.2, -0.15) is 10.1 Å². The number of carbonyl (C=O) groups is 2. The van der Waals surface area contributed by atoms with Crippen molar-refractivity contribution in [3.8, 4) is 0 Å². The molecule has 1 N–H and O–H groups in total. The maximum absolute atomic E-state index is 12.2. The van der Waals surface area contributed by atoms with Crippen LogP contribution in [0.15, 0.2) is 0 Å². The molecule has 0 aromatic carbocycles. The van der Waals surface area contributed by atoms with Crippen LogP contribution in [-0.2, 0) is 9.53 Å². The van der Waals surface area contributed by atoms with Crippen LogP contribution in [0.25, 0.3) is 10.3 Å². The molecule has 0 radical (unpaired) electrons. The molecule has 124 valence electrons. The summed E-state index contributed by atoms with van der Waals surface area (Å²) in [6.07, 6.45) is 5.62. The van der Waals surface area contributed by atoms with Crippen LogP contribution in [0.3, 0.4) is 0 Å². The Bertz CT molecular complexity index is 730. The van der Waals surface area contributed by atoms with Crippen molar-refractivity contribution in [2.45, 2.75) is 52.0 Å². The highest BCUT2D eigenvalue weighted by Gasteiger charge is 2.27. The summed E-state index contributed by atoms with van der Waals surface area (Å²) in [5, 5.41) is 7.66. The molecule has 2 heterocycles. The van der Waals surface area contributed by atoms with Crippen LogP contribution in [0, 0.1) is 0 Å². The van der Waals surface area contributed by atoms with Gasteiger partial charge in [0.05, 0.1) is 12.6 Å². The molecule has 0 spiro atoms. The van der Waals surface area contributed by atoms with Crippen molar-refractivity contribution in [1.29, 1.82) is 0 Å². The molecule has 0 atom stereocenters. The van der Waals surface area contributed by atoms with E-state index in [0.29, 0.717) is 27.8 Å². The van der Waals surface area contributed by atoms with E-state index in [-0.39, 0.29) is 11.9 Å². The fourth-order valence-electron chi connectivity index (χ4n) is 2.94. The fraction of sp³-hybridized carbons (Fsp3) is 0.600. The van der Waals surface area contributed by atoms with E-state index in [4.69, 9.17) is 4.74 Å². The van der Waals surface area contributed by atoms with Crippen LogP contribution in [0.2, 0.25) is 0 Å². The number of esters is 1. The lowest BCUT2D eigenvalue weighted by molar-refractivity contribution is -0.114. The second kappa shape index (κ2) is 6.66. The summed E-state index contributed by atoms with van der Waals surface area (Å²) >= 11 is 1.26. The molecule has 0 bridgehead atoms. The van der Waals surface area contributed by atoms with Crippen molar-refractivity contribution in [2.24, 2.45) is 0 Å². The van der Waals surface area contributed by atoms with Crippen LogP contribution < -0.4 is 5.32 Å². The maximum atomic E-state index is 12.2. The molecule has 0 saturated heterocycles. The highest BCUT2D eigenvalue weighted by molar-refractivity contribution is 7.22. The summed E-state index contributed by atoms with van der Waals surface area (Å²) < 4.78 is 7.63. The van der Waals surface area contributed by atoms with E-state index in [1.807, 2.05) is 4.68 Å². The van der Waals surface area contributed by atoms with Gasteiger partial charge in [-0.15, -0.1) is 0 Å². The molecule has 2 aromatic rings. The van der Waals surface area contributed by atoms with Crippen LogP contribution in [0.5, 0.6) is 0 Å². The summed E-state index contributed by atoms with van der Waals surface area (Å²) in [6, 6.07) is 0.252. The largest absolute Gasteiger partial charge is 0.461 e. The first kappa shape index (κ1) is 15.9. The number of nitrogens with one attached hydrogen (secondary N) is 1. The number of amides is 1. The lowest BCUT2D eigenvalue weighted by Crippen LogP contribution is -2.16. The van der Waals surface area contributed by atoms with Gasteiger partial charge < -0.3 is 10.1 Å². The van der Waals surface area contributed by atoms with Gasteiger partial charge in [0.15, 0.2) is 16.5 Å². The molecule has 2 aromatic heterocycles. The molecule has 0 aliphatic heterocycles. The van der Waals surface area contributed by atoms with Crippen LogP contribution in [0.1, 0.15) is 62.5 Å². The number of aromatic nitrogens is 3. The zero-order valence-corrected chi connectivity index (χ0v) is 14.1. The summed E-state index contributed by atoms with van der Waals surface area (Å²) in [7, 11) is 0. The lowest BCUT2D eigenvalue weighted by Gasteiger charge is -2.21. The van der Waals surface area contributed by atoms with Crippen molar-refractivity contribution in [1.82, 2.24) is 14.8 Å². The van der Waals surface area contributed by atoms with Crippen molar-refractivity contribution in [3.63, 3.8) is 0 Å². The highest BCUT2D eigenvalue weighted by Crippen LogP contribution is 2.35. The van der Waals surface area contributed by atoms with Crippen molar-refractivity contribution in [3.05, 3.63) is 5.69 Å². The van der Waals surface area contributed by atoms with Crippen LogP contribution in [0.4, 0.5) is 5.13 Å². The summed E-state index contributed by atoms with van der Waals surface area (Å²) in [5.41, 5.74) is 0.954. The van der Waals surface area contributed by atoms with Gasteiger partial charge in [-0.25, -0.2) is 9.48 Å². The van der Waals surface area contributed by atoms with Crippen LogP contribution in [-0.4, -0.2) is 33.2 Å². The van der Waals surface area contributed by atoms with Crippen molar-refractivity contribution < 1.29 is 14.3 Å². The zero-order valence-electron chi connectivity index (χ0n) is 13.3. The first-order chi connectivity index (χ1) is 11.1. The Balaban J connectivity index is 2.05. The molecule has 3 rings (SSSR count). The smallest absolute Gasteiger partial charge is 0.360 e. The Morgan fingerprint density at radius 3 is 2.74 bits per heavy atom. The number of anilines is 1. The Labute approximate surface area is 138 Å². The van der Waals surface area contributed by atoms with Gasteiger partial charge in [-0.1, -0.05) is 30.6 Å². The molecular weight excluding hydrogens is 316 g/mol. The standard InChI is InChI=1S/C15H20N4O3S/c1-3-22-14(21)11-12-13(17-15(23-12)16-9(2)20)19(18-11)10-7-5-4-6-8-10/h10H,3-8H2,1-2H3,(H,16,17,20). The summed E-state index contributed by atoms with van der Waals surface area (Å²) in [5.74, 6) is -0.624. The number of thiazole rings is 1. The van der Waals surface area contributed by atoms with E-state index in [2.05, 4.69) is 15.4 Å². The van der Waals surface area contributed by atoms with E-state index >= 15 is 0 Å². The summed E-state index contributed by atoms with van der Waals surface area (Å²) in [4.78, 5) is 27.9. The first-order valence-electron chi connectivity index (χ1n) is 7.94. The molecule has 0 unspecified atom stereocenters. The zero-order chi connectivity index (χ0) is 16.4. The molecule has 8 heteroatoms. The van der Waals surface area contributed by atoms with E-state index in [0.717, 1.165) is 25.7 Å². The van der Waals surface area contributed by atoms with Gasteiger partial charge in [-0.3, -0.25) is 4.79 Å². The van der Waals surface area contributed by atoms with Gasteiger partial charge in [0.1, 0.15) is 4.70 Å². The monoisotopic (exact) mass is 336 g/mol. The highest BCUT2D eigenvalue weighted by atomic mass is 32.1. The first-order valence-corrected chi connectivity index (χ1v) is 8.75. The number of nitrogens with zero attached hydrogens (tertiary/aromatic N) is 3. The number of rotatable bonds is 4. The molecule has 7 nitrogen and oxygen atoms in total. The third kappa shape index (κ3) is 3.21. The molecule has 23 heavy (non-hydrogen) atoms. The predicted molar refractivity (Wildman–Crippen MR) is 87.8 cm³/mol. The Kier molecular flexibility index (Phi) is 4.61. The lowest BCUT2D eigenvalue weighted by atomic mass is 9.96. The molecule has 1 aliphatic carbocycles. The van der Waals surface area contributed by atoms with E-state index in [1.165, 1.54) is 24.7 Å². The number of hydrogen-bond donors (Lipinski definition) is 1. The van der Waals surface area contributed by atoms with Gasteiger partial charge in [0.2, 0.25) is 5.91 Å². The predicted octanol–water partition coefficient (Wildman–Crippen LogP) is 3.13. The minimum absolute atomic E-state index is 0.184. The van der Waals surface area contributed by atoms with Crippen molar-refractivity contribution >= 4 is 38.7 Å². The molecule has 1 aliphatic rings. The number of fused-ring (bicyclic) bond motifs is 1. The third-order valence-electron chi connectivity index (χ3n) is 3.92. The van der Waals surface area contributed by atoms with E-state index < -0.39 is 5.97 Å². The average Bonchev–Trinajstić information content (AvgIpc) is 3.06. The summed E-state index contributed by atoms with van der Waals surface area (Å²) in [6.45, 7) is 3.50. The number of ether oxygens (including phenoxy) is 1. The molecule has 1 fully saturated rings. The van der Waals surface area contributed by atoms with E-state index in [1.54, 1.807) is 6.92 Å². The van der Waals surface area contributed by atoms with Gasteiger partial charge >= 0.3 is 5.97 Å². The van der Waals surface area contributed by atoms with Crippen molar-refractivity contribution in [2.75, 3.05) is 11.9 Å². The SMILES string of the molecule is CCOC(=O)c1nn(C2CCCCC2)c2nc(NC(C)=O)sc12. The number of hydrogen-bond acceptors (Lipinski definition) is 6. The number of carbonyl (C=O) groups excluding carboxylic acids is 2. The molecular formula is C15H20N4O3S. The topological polar surface area (TPSA) is 86.1 Å². The Morgan fingerprint density at radius 1 is 1.35 bits per heavy atom. The fourth-order valence-corrected chi connectivity index (χ4v) is 3.91. The molecule has 1 amide bonds. The second-order valence-corrected chi connectivity index (χ2v) is 6.66. The Hall–Kier alpha value is -1.96. The Morgan fingerprint density at radius 2 is 2.09 bits per heavy atom. The molecule has 1 saturated carbocycles. The third-order valence-corrected chi connectivity index (χ3v) is 4.89.